The van der Waals surface area contributed by atoms with E-state index in [4.69, 9.17) is 22.1 Å². The van der Waals surface area contributed by atoms with Crippen molar-refractivity contribution < 1.29 is 9.13 Å². The van der Waals surface area contributed by atoms with Crippen LogP contribution >= 0.6 is 11.6 Å². The number of benzene rings is 2. The van der Waals surface area contributed by atoms with Crippen molar-refractivity contribution in [3.63, 3.8) is 0 Å². The van der Waals surface area contributed by atoms with Crippen molar-refractivity contribution in [3.05, 3.63) is 64.4 Å². The number of methoxy groups -OCH3 is 1. The molecule has 0 spiro atoms. The topological polar surface area (TPSA) is 35.2 Å². The quantitative estimate of drug-likeness (QED) is 0.914. The van der Waals surface area contributed by atoms with Gasteiger partial charge in [0, 0.05) is 11.1 Å². The van der Waals surface area contributed by atoms with E-state index in [1.54, 1.807) is 18.2 Å². The third-order valence-electron chi connectivity index (χ3n) is 3.19. The highest BCUT2D eigenvalue weighted by Crippen LogP contribution is 2.22. The molecule has 2 rings (SSSR count). The first-order valence-corrected chi connectivity index (χ1v) is 6.80. The van der Waals surface area contributed by atoms with Gasteiger partial charge < -0.3 is 10.5 Å². The molecule has 0 saturated carbocycles. The highest BCUT2D eigenvalue weighted by molar-refractivity contribution is 6.31. The van der Waals surface area contributed by atoms with Gasteiger partial charge in [-0.15, -0.1) is 0 Å². The van der Waals surface area contributed by atoms with Gasteiger partial charge >= 0.3 is 0 Å². The Morgan fingerprint density at radius 1 is 1.10 bits per heavy atom. The van der Waals surface area contributed by atoms with Gasteiger partial charge in [-0.3, -0.25) is 0 Å². The second kappa shape index (κ2) is 6.73. The lowest BCUT2D eigenvalue weighted by Gasteiger charge is -2.14. The van der Waals surface area contributed by atoms with Crippen LogP contribution in [0.3, 0.4) is 0 Å². The predicted molar refractivity (Wildman–Crippen MR) is 79.8 cm³/mol. The smallest absolute Gasteiger partial charge is 0.168 e. The summed E-state index contributed by atoms with van der Waals surface area (Å²) in [5, 5.41) is 0.689. The molecule has 106 valence electrons. The number of hydrogen-bond acceptors (Lipinski definition) is 2. The third-order valence-corrected chi connectivity index (χ3v) is 3.55. The molecule has 1 unspecified atom stereocenters. The maximum absolute atomic E-state index is 14.0. The van der Waals surface area contributed by atoms with Crippen LogP contribution in [0.2, 0.25) is 5.02 Å². The van der Waals surface area contributed by atoms with Crippen molar-refractivity contribution in [3.8, 4) is 5.75 Å². The van der Waals surface area contributed by atoms with Gasteiger partial charge in [-0.2, -0.15) is 0 Å². The standard InChI is InChI=1S/C16H17ClFNO/c1-20-15-8-4-6-12(16(15)18)10-13(19)9-11-5-2-3-7-14(11)17/h2-8,13H,9-10,19H2,1H3. The van der Waals surface area contributed by atoms with Crippen molar-refractivity contribution in [2.24, 2.45) is 5.73 Å². The summed E-state index contributed by atoms with van der Waals surface area (Å²) in [6.45, 7) is 0. The van der Waals surface area contributed by atoms with E-state index in [-0.39, 0.29) is 17.6 Å². The van der Waals surface area contributed by atoms with Crippen molar-refractivity contribution in [2.45, 2.75) is 18.9 Å². The minimum Gasteiger partial charge on any atom is -0.494 e. The lowest BCUT2D eigenvalue weighted by Crippen LogP contribution is -2.26. The van der Waals surface area contributed by atoms with Crippen LogP contribution in [0.15, 0.2) is 42.5 Å². The summed E-state index contributed by atoms with van der Waals surface area (Å²) in [5.74, 6) is -0.1000. The summed E-state index contributed by atoms with van der Waals surface area (Å²) >= 11 is 6.10. The van der Waals surface area contributed by atoms with E-state index in [9.17, 15) is 4.39 Å². The second-order valence-corrected chi connectivity index (χ2v) is 5.10. The van der Waals surface area contributed by atoms with E-state index in [0.29, 0.717) is 23.4 Å². The van der Waals surface area contributed by atoms with Crippen molar-refractivity contribution in [1.29, 1.82) is 0 Å². The summed E-state index contributed by atoms with van der Waals surface area (Å²) in [5.41, 5.74) is 7.64. The maximum Gasteiger partial charge on any atom is 0.168 e. The normalized spacial score (nSPS) is 12.2. The average Bonchev–Trinajstić information content (AvgIpc) is 2.44. The number of hydrogen-bond donors (Lipinski definition) is 1. The minimum absolute atomic E-state index is 0.198. The Kier molecular flexibility index (Phi) is 4.99. The molecule has 2 aromatic rings. The first-order chi connectivity index (χ1) is 9.61. The monoisotopic (exact) mass is 293 g/mol. The summed E-state index contributed by atoms with van der Waals surface area (Å²) in [6.07, 6.45) is 1.05. The van der Waals surface area contributed by atoms with Crippen LogP contribution in [0.5, 0.6) is 5.75 Å². The van der Waals surface area contributed by atoms with Crippen LogP contribution in [0.1, 0.15) is 11.1 Å². The average molecular weight is 294 g/mol. The molecule has 2 N–H and O–H groups in total. The number of nitrogens with two attached hydrogens (primary N) is 1. The molecular weight excluding hydrogens is 277 g/mol. The first-order valence-electron chi connectivity index (χ1n) is 6.42. The van der Waals surface area contributed by atoms with Crippen LogP contribution in [-0.4, -0.2) is 13.2 Å². The molecule has 0 aliphatic carbocycles. The van der Waals surface area contributed by atoms with E-state index in [1.807, 2.05) is 24.3 Å². The van der Waals surface area contributed by atoms with E-state index in [1.165, 1.54) is 7.11 Å². The minimum atomic E-state index is -0.343. The molecule has 2 nitrogen and oxygen atoms in total. The Balaban J connectivity index is 2.09. The van der Waals surface area contributed by atoms with Gasteiger partial charge in [-0.25, -0.2) is 4.39 Å². The molecule has 0 amide bonds. The van der Waals surface area contributed by atoms with Gasteiger partial charge in [0.25, 0.3) is 0 Å². The molecule has 4 heteroatoms. The van der Waals surface area contributed by atoms with Crippen LogP contribution in [0, 0.1) is 5.82 Å². The number of rotatable bonds is 5. The second-order valence-electron chi connectivity index (χ2n) is 4.69. The fraction of sp³-hybridized carbons (Fsp3) is 0.250. The Hall–Kier alpha value is -1.58. The molecule has 0 aromatic heterocycles. The van der Waals surface area contributed by atoms with Gasteiger partial charge in [-0.1, -0.05) is 41.9 Å². The van der Waals surface area contributed by atoms with Crippen molar-refractivity contribution in [1.82, 2.24) is 0 Å². The van der Waals surface area contributed by atoms with Gasteiger partial charge in [0.2, 0.25) is 0 Å². The van der Waals surface area contributed by atoms with E-state index >= 15 is 0 Å². The fourth-order valence-electron chi connectivity index (χ4n) is 2.17. The van der Waals surface area contributed by atoms with Crippen molar-refractivity contribution in [2.75, 3.05) is 7.11 Å². The molecule has 0 saturated heterocycles. The largest absolute Gasteiger partial charge is 0.494 e. The molecular formula is C16H17ClFNO. The maximum atomic E-state index is 14.0. The zero-order valence-corrected chi connectivity index (χ0v) is 12.0. The van der Waals surface area contributed by atoms with Gasteiger partial charge in [0.1, 0.15) is 0 Å². The molecule has 0 aliphatic heterocycles. The van der Waals surface area contributed by atoms with E-state index in [2.05, 4.69) is 0 Å². The fourth-order valence-corrected chi connectivity index (χ4v) is 2.39. The van der Waals surface area contributed by atoms with Crippen LogP contribution < -0.4 is 10.5 Å². The van der Waals surface area contributed by atoms with Crippen LogP contribution in [-0.2, 0) is 12.8 Å². The molecule has 0 heterocycles. The molecule has 20 heavy (non-hydrogen) atoms. The lowest BCUT2D eigenvalue weighted by molar-refractivity contribution is 0.383. The zero-order chi connectivity index (χ0) is 14.5. The summed E-state index contributed by atoms with van der Waals surface area (Å²) in [6, 6.07) is 12.4. The van der Waals surface area contributed by atoms with Gasteiger partial charge in [0.15, 0.2) is 11.6 Å². The van der Waals surface area contributed by atoms with Gasteiger partial charge in [0.05, 0.1) is 7.11 Å². The highest BCUT2D eigenvalue weighted by atomic mass is 35.5. The van der Waals surface area contributed by atoms with Gasteiger partial charge in [-0.05, 0) is 36.1 Å². The summed E-state index contributed by atoms with van der Waals surface area (Å²) in [4.78, 5) is 0. The Morgan fingerprint density at radius 3 is 2.45 bits per heavy atom. The molecule has 2 aromatic carbocycles. The molecule has 0 aliphatic rings. The number of ether oxygens (including phenoxy) is 1. The van der Waals surface area contributed by atoms with E-state index in [0.717, 1.165) is 5.56 Å². The van der Waals surface area contributed by atoms with Crippen molar-refractivity contribution >= 4 is 11.6 Å². The highest BCUT2D eigenvalue weighted by Gasteiger charge is 2.13. The molecule has 1 atom stereocenters. The van der Waals surface area contributed by atoms with Crippen LogP contribution in [0.4, 0.5) is 4.39 Å². The SMILES string of the molecule is COc1cccc(CC(N)Cc2ccccc2Cl)c1F. The summed E-state index contributed by atoms with van der Waals surface area (Å²) in [7, 11) is 1.45. The lowest BCUT2D eigenvalue weighted by atomic mass is 9.99. The molecule has 0 fully saturated rings. The molecule has 0 radical (unpaired) electrons. The Labute approximate surface area is 123 Å². The Morgan fingerprint density at radius 2 is 1.75 bits per heavy atom. The third kappa shape index (κ3) is 3.50. The molecule has 0 bridgehead atoms. The van der Waals surface area contributed by atoms with Crippen LogP contribution in [0.25, 0.3) is 0 Å². The first kappa shape index (κ1) is 14.8. The Bertz CT molecular complexity index is 588. The van der Waals surface area contributed by atoms with E-state index < -0.39 is 0 Å². The number of halogens is 2. The predicted octanol–water partition coefficient (Wildman–Crippen LogP) is 3.60. The summed E-state index contributed by atoms with van der Waals surface area (Å²) < 4.78 is 19.0. The zero-order valence-electron chi connectivity index (χ0n) is 11.3.